The van der Waals surface area contributed by atoms with Gasteiger partial charge in [0.25, 0.3) is 0 Å². The number of piperazine rings is 1. The molecule has 0 spiro atoms. The molecule has 1 atom stereocenters. The minimum atomic E-state index is -0.312. The highest BCUT2D eigenvalue weighted by Crippen LogP contribution is 2.18. The molecular formula is C17H25ClN2O2. The van der Waals surface area contributed by atoms with Crippen molar-refractivity contribution in [2.24, 2.45) is 0 Å². The quantitative estimate of drug-likeness (QED) is 0.902. The van der Waals surface area contributed by atoms with Crippen LogP contribution >= 0.6 is 11.6 Å². The molecule has 0 aliphatic carbocycles. The zero-order chi connectivity index (χ0) is 16.1. The summed E-state index contributed by atoms with van der Waals surface area (Å²) >= 11 is 6.11. The first-order valence-electron chi connectivity index (χ1n) is 7.89. The van der Waals surface area contributed by atoms with E-state index in [0.29, 0.717) is 13.0 Å². The first kappa shape index (κ1) is 17.3. The maximum atomic E-state index is 12.3. The molecule has 0 bridgehead atoms. The third-order valence-electron chi connectivity index (χ3n) is 4.11. The topological polar surface area (TPSA) is 43.8 Å². The summed E-state index contributed by atoms with van der Waals surface area (Å²) in [6.07, 6.45) is 0.941. The maximum absolute atomic E-state index is 12.3. The molecule has 1 aliphatic heterocycles. The van der Waals surface area contributed by atoms with Crippen molar-refractivity contribution in [3.05, 3.63) is 34.3 Å². The van der Waals surface area contributed by atoms with E-state index in [1.54, 1.807) is 6.92 Å². The normalized spacial score (nSPS) is 17.5. The van der Waals surface area contributed by atoms with Gasteiger partial charge in [0.05, 0.1) is 6.10 Å². The number of benzene rings is 1. The van der Waals surface area contributed by atoms with Gasteiger partial charge in [-0.3, -0.25) is 9.69 Å². The molecule has 1 fully saturated rings. The van der Waals surface area contributed by atoms with Gasteiger partial charge >= 0.3 is 0 Å². The van der Waals surface area contributed by atoms with Gasteiger partial charge in [0.1, 0.15) is 0 Å². The number of halogens is 1. The molecule has 1 amide bonds. The number of β-amino-alcohol motifs (C(OH)–C–C–N with tert-alkyl or cyclic N) is 1. The van der Waals surface area contributed by atoms with E-state index in [-0.39, 0.29) is 12.0 Å². The summed E-state index contributed by atoms with van der Waals surface area (Å²) in [5.74, 6) is 0.202. The molecule has 0 radical (unpaired) electrons. The number of amides is 1. The number of hydrogen-bond acceptors (Lipinski definition) is 3. The molecule has 1 saturated heterocycles. The van der Waals surface area contributed by atoms with E-state index in [0.717, 1.165) is 48.7 Å². The van der Waals surface area contributed by atoms with Crippen molar-refractivity contribution in [3.8, 4) is 0 Å². The van der Waals surface area contributed by atoms with Gasteiger partial charge in [0.2, 0.25) is 5.91 Å². The van der Waals surface area contributed by atoms with Crippen LogP contribution in [0.25, 0.3) is 0 Å². The summed E-state index contributed by atoms with van der Waals surface area (Å²) in [4.78, 5) is 16.4. The summed E-state index contributed by atoms with van der Waals surface area (Å²) in [5.41, 5.74) is 2.17. The molecule has 1 aromatic rings. The van der Waals surface area contributed by atoms with Crippen molar-refractivity contribution in [3.63, 3.8) is 0 Å². The fourth-order valence-electron chi connectivity index (χ4n) is 2.75. The lowest BCUT2D eigenvalue weighted by Crippen LogP contribution is -2.50. The summed E-state index contributed by atoms with van der Waals surface area (Å²) in [6, 6.07) is 5.98. The van der Waals surface area contributed by atoms with Gasteiger partial charge in [-0.05, 0) is 37.5 Å². The molecule has 5 heteroatoms. The van der Waals surface area contributed by atoms with Crippen molar-refractivity contribution in [1.82, 2.24) is 9.80 Å². The number of rotatable bonds is 5. The van der Waals surface area contributed by atoms with Crippen LogP contribution < -0.4 is 0 Å². The molecule has 1 aliphatic rings. The van der Waals surface area contributed by atoms with Gasteiger partial charge in [-0.1, -0.05) is 23.7 Å². The van der Waals surface area contributed by atoms with E-state index in [4.69, 9.17) is 11.6 Å². The van der Waals surface area contributed by atoms with E-state index in [1.807, 2.05) is 30.0 Å². The van der Waals surface area contributed by atoms with Crippen LogP contribution in [0.1, 0.15) is 24.5 Å². The van der Waals surface area contributed by atoms with E-state index in [1.165, 1.54) is 0 Å². The summed E-state index contributed by atoms with van der Waals surface area (Å²) in [7, 11) is 0. The van der Waals surface area contributed by atoms with Crippen LogP contribution in [0.5, 0.6) is 0 Å². The van der Waals surface area contributed by atoms with Crippen molar-refractivity contribution in [1.29, 1.82) is 0 Å². The van der Waals surface area contributed by atoms with Gasteiger partial charge in [-0.15, -0.1) is 0 Å². The minimum absolute atomic E-state index is 0.202. The number of aliphatic hydroxyl groups is 1. The Morgan fingerprint density at radius 2 is 2.00 bits per heavy atom. The van der Waals surface area contributed by atoms with Gasteiger partial charge in [0.15, 0.2) is 0 Å². The van der Waals surface area contributed by atoms with Gasteiger partial charge in [0, 0.05) is 44.2 Å². The molecule has 1 aromatic carbocycles. The van der Waals surface area contributed by atoms with Crippen LogP contribution in [0.4, 0.5) is 0 Å². The van der Waals surface area contributed by atoms with Crippen molar-refractivity contribution < 1.29 is 9.90 Å². The van der Waals surface area contributed by atoms with Crippen LogP contribution in [0.15, 0.2) is 18.2 Å². The first-order chi connectivity index (χ1) is 10.5. The molecule has 0 aromatic heterocycles. The maximum Gasteiger partial charge on any atom is 0.222 e. The highest BCUT2D eigenvalue weighted by molar-refractivity contribution is 6.31. The SMILES string of the molecule is Cc1ccc(CCC(=O)N2CCN(C[C@@H](C)O)CC2)cc1Cl. The third-order valence-corrected chi connectivity index (χ3v) is 4.52. The number of hydrogen-bond donors (Lipinski definition) is 1. The fourth-order valence-corrected chi connectivity index (χ4v) is 2.96. The first-order valence-corrected chi connectivity index (χ1v) is 8.26. The van der Waals surface area contributed by atoms with Crippen molar-refractivity contribution in [2.75, 3.05) is 32.7 Å². The molecule has 22 heavy (non-hydrogen) atoms. The Bertz CT molecular complexity index is 511. The van der Waals surface area contributed by atoms with Crippen LogP contribution in [0.3, 0.4) is 0 Å². The lowest BCUT2D eigenvalue weighted by atomic mass is 10.1. The number of aryl methyl sites for hydroxylation is 2. The Morgan fingerprint density at radius 3 is 2.59 bits per heavy atom. The molecule has 122 valence electrons. The largest absolute Gasteiger partial charge is 0.392 e. The summed E-state index contributed by atoms with van der Waals surface area (Å²) in [5, 5.41) is 10.2. The predicted octanol–water partition coefficient (Wildman–Crippen LogP) is 2.11. The lowest BCUT2D eigenvalue weighted by Gasteiger charge is -2.35. The van der Waals surface area contributed by atoms with Crippen LogP contribution in [0.2, 0.25) is 5.02 Å². The second-order valence-corrected chi connectivity index (χ2v) is 6.52. The van der Waals surface area contributed by atoms with Crippen molar-refractivity contribution in [2.45, 2.75) is 32.8 Å². The molecule has 0 saturated carbocycles. The Kier molecular flexibility index (Phi) is 6.24. The Labute approximate surface area is 137 Å². The van der Waals surface area contributed by atoms with Crippen LogP contribution in [0, 0.1) is 6.92 Å². The average Bonchev–Trinajstić information content (AvgIpc) is 2.48. The molecule has 4 nitrogen and oxygen atoms in total. The second kappa shape index (κ2) is 7.95. The van der Waals surface area contributed by atoms with E-state index in [2.05, 4.69) is 4.90 Å². The monoisotopic (exact) mass is 324 g/mol. The Morgan fingerprint density at radius 1 is 1.32 bits per heavy atom. The van der Waals surface area contributed by atoms with E-state index >= 15 is 0 Å². The third kappa shape index (κ3) is 4.97. The number of carbonyl (C=O) groups is 1. The fraction of sp³-hybridized carbons (Fsp3) is 0.588. The van der Waals surface area contributed by atoms with Gasteiger partial charge in [-0.25, -0.2) is 0 Å². The minimum Gasteiger partial charge on any atom is -0.392 e. The van der Waals surface area contributed by atoms with Gasteiger partial charge < -0.3 is 10.0 Å². The highest BCUT2D eigenvalue weighted by Gasteiger charge is 2.21. The predicted molar refractivity (Wildman–Crippen MR) is 89.2 cm³/mol. The zero-order valence-corrected chi connectivity index (χ0v) is 14.1. The van der Waals surface area contributed by atoms with E-state index in [9.17, 15) is 9.90 Å². The average molecular weight is 325 g/mol. The second-order valence-electron chi connectivity index (χ2n) is 6.11. The molecular weight excluding hydrogens is 300 g/mol. The van der Waals surface area contributed by atoms with E-state index < -0.39 is 0 Å². The van der Waals surface area contributed by atoms with Crippen LogP contribution in [-0.4, -0.2) is 59.6 Å². The summed E-state index contributed by atoms with van der Waals surface area (Å²) < 4.78 is 0. The summed E-state index contributed by atoms with van der Waals surface area (Å²) in [6.45, 7) is 7.64. The van der Waals surface area contributed by atoms with Crippen molar-refractivity contribution >= 4 is 17.5 Å². The number of aliphatic hydroxyl groups excluding tert-OH is 1. The highest BCUT2D eigenvalue weighted by atomic mass is 35.5. The molecule has 0 unspecified atom stereocenters. The Hall–Kier alpha value is -1.10. The molecule has 2 rings (SSSR count). The smallest absolute Gasteiger partial charge is 0.222 e. The number of carbonyl (C=O) groups excluding carboxylic acids is 1. The van der Waals surface area contributed by atoms with Gasteiger partial charge in [-0.2, -0.15) is 0 Å². The number of nitrogens with zero attached hydrogens (tertiary/aromatic N) is 2. The lowest BCUT2D eigenvalue weighted by molar-refractivity contribution is -0.133. The van der Waals surface area contributed by atoms with Crippen LogP contribution in [-0.2, 0) is 11.2 Å². The molecule has 1 heterocycles. The Balaban J connectivity index is 1.77. The molecule has 1 N–H and O–H groups in total. The zero-order valence-electron chi connectivity index (χ0n) is 13.4. The standard InChI is InChI=1S/C17H25ClN2O2/c1-13-3-4-15(11-16(13)18)5-6-17(22)20-9-7-19(8-10-20)12-14(2)21/h3-4,11,14,21H,5-10,12H2,1-2H3/t14-/m1/s1.